The summed E-state index contributed by atoms with van der Waals surface area (Å²) < 4.78 is 22.6. The molecule has 0 N–H and O–H groups in total. The maximum Gasteiger partial charge on any atom is 1.00 e. The van der Waals surface area contributed by atoms with Crippen LogP contribution in [0.5, 0.6) is 0 Å². The Labute approximate surface area is 140 Å². The Morgan fingerprint density at radius 1 is 1.56 bits per heavy atom. The maximum atomic E-state index is 11.3. The van der Waals surface area contributed by atoms with E-state index in [1.165, 1.54) is 6.92 Å². The quantitative estimate of drug-likeness (QED) is 0.419. The van der Waals surface area contributed by atoms with Gasteiger partial charge in [-0.2, -0.15) is 0 Å². The average Bonchev–Trinajstić information content (AvgIpc) is 2.17. The topological polar surface area (TPSA) is 100 Å². The Morgan fingerprint density at radius 3 is 2.56 bits per heavy atom. The van der Waals surface area contributed by atoms with Crippen molar-refractivity contribution in [1.29, 1.82) is 0 Å². The number of aromatic nitrogens is 2. The number of aromatic carboxylic acids is 1. The van der Waals surface area contributed by atoms with E-state index < -0.39 is 26.7 Å². The number of carbonyl (C=O) groups is 1. The minimum Gasteiger partial charge on any atom is -0.543 e. The standard InChI is InChI=1S/C7H7ClN2O4S.K/c1-2-15(13,14)7-9-3-4(8)5(10-7)6(11)12;/h3H,2H2,1H3,(H,11,12);/q;+1/p-1. The minimum atomic E-state index is -3.64. The van der Waals surface area contributed by atoms with Crippen LogP contribution in [0.15, 0.2) is 11.4 Å². The Kier molecular flexibility index (Phi) is 6.55. The first-order chi connectivity index (χ1) is 6.88. The van der Waals surface area contributed by atoms with Crippen LogP contribution in [0.25, 0.3) is 0 Å². The van der Waals surface area contributed by atoms with Gasteiger partial charge in [0.1, 0.15) is 5.69 Å². The van der Waals surface area contributed by atoms with E-state index in [-0.39, 0.29) is 62.2 Å². The SMILES string of the molecule is CCS(=O)(=O)c1ncc(Cl)c(C(=O)[O-])n1.[K+]. The third-order valence-corrected chi connectivity index (χ3v) is 3.36. The molecular weight excluding hydrogens is 283 g/mol. The number of rotatable bonds is 3. The molecule has 0 saturated carbocycles. The Morgan fingerprint density at radius 2 is 2.12 bits per heavy atom. The van der Waals surface area contributed by atoms with Gasteiger partial charge in [0.25, 0.3) is 0 Å². The van der Waals surface area contributed by atoms with E-state index in [2.05, 4.69) is 9.97 Å². The van der Waals surface area contributed by atoms with Crippen LogP contribution in [-0.4, -0.2) is 30.1 Å². The van der Waals surface area contributed by atoms with Gasteiger partial charge in [-0.1, -0.05) is 18.5 Å². The van der Waals surface area contributed by atoms with Gasteiger partial charge in [-0.25, -0.2) is 18.4 Å². The summed E-state index contributed by atoms with van der Waals surface area (Å²) in [7, 11) is -3.64. The van der Waals surface area contributed by atoms with Gasteiger partial charge >= 0.3 is 51.4 Å². The first-order valence-electron chi connectivity index (χ1n) is 3.85. The zero-order valence-corrected chi connectivity index (χ0v) is 13.3. The third-order valence-electron chi connectivity index (χ3n) is 1.57. The summed E-state index contributed by atoms with van der Waals surface area (Å²) in [6.07, 6.45) is 0.919. The van der Waals surface area contributed by atoms with Crippen molar-refractivity contribution in [2.75, 3.05) is 5.75 Å². The van der Waals surface area contributed by atoms with Gasteiger partial charge in [-0.05, 0) is 0 Å². The molecule has 0 spiro atoms. The zero-order valence-electron chi connectivity index (χ0n) is 8.60. The number of carbonyl (C=O) groups excluding carboxylic acids is 1. The minimum absolute atomic E-state index is 0. The van der Waals surface area contributed by atoms with Crippen molar-refractivity contribution in [3.63, 3.8) is 0 Å². The van der Waals surface area contributed by atoms with Gasteiger partial charge in [-0.3, -0.25) is 0 Å². The van der Waals surface area contributed by atoms with Crippen LogP contribution in [0.1, 0.15) is 17.4 Å². The van der Waals surface area contributed by atoms with E-state index in [1.54, 1.807) is 0 Å². The van der Waals surface area contributed by atoms with Crippen molar-refractivity contribution in [2.24, 2.45) is 0 Å². The monoisotopic (exact) mass is 288 g/mol. The molecule has 0 bridgehead atoms. The molecule has 0 aliphatic rings. The second-order valence-electron chi connectivity index (χ2n) is 2.54. The summed E-state index contributed by atoms with van der Waals surface area (Å²) in [5.41, 5.74) is -0.626. The van der Waals surface area contributed by atoms with E-state index >= 15 is 0 Å². The number of nitrogens with zero attached hydrogens (tertiary/aromatic N) is 2. The predicted octanol–water partition coefficient (Wildman–Crippen LogP) is -3.71. The number of hydrogen-bond acceptors (Lipinski definition) is 6. The molecule has 0 aromatic carbocycles. The molecule has 16 heavy (non-hydrogen) atoms. The summed E-state index contributed by atoms with van der Waals surface area (Å²) >= 11 is 5.44. The zero-order chi connectivity index (χ0) is 11.6. The second-order valence-corrected chi connectivity index (χ2v) is 5.12. The fourth-order valence-corrected chi connectivity index (χ4v) is 1.64. The number of hydrogen-bond donors (Lipinski definition) is 0. The fourth-order valence-electron chi connectivity index (χ4n) is 0.773. The normalized spacial score (nSPS) is 10.6. The predicted molar refractivity (Wildman–Crippen MR) is 49.1 cm³/mol. The Bertz CT molecular complexity index is 505. The summed E-state index contributed by atoms with van der Waals surface area (Å²) in [6, 6.07) is 0. The van der Waals surface area contributed by atoms with E-state index in [1.807, 2.05) is 0 Å². The van der Waals surface area contributed by atoms with Gasteiger partial charge in [0, 0.05) is 0 Å². The molecule has 1 aromatic rings. The van der Waals surface area contributed by atoms with Crippen molar-refractivity contribution >= 4 is 27.4 Å². The van der Waals surface area contributed by atoms with Crippen LogP contribution < -0.4 is 56.5 Å². The van der Waals surface area contributed by atoms with Crippen molar-refractivity contribution in [2.45, 2.75) is 12.1 Å². The first kappa shape index (κ1) is 16.4. The van der Waals surface area contributed by atoms with E-state index in [0.717, 1.165) is 6.20 Å². The molecule has 0 saturated heterocycles. The smallest absolute Gasteiger partial charge is 0.543 e. The van der Waals surface area contributed by atoms with Gasteiger partial charge in [0.15, 0.2) is 0 Å². The van der Waals surface area contributed by atoms with Crippen LogP contribution in [0.2, 0.25) is 5.02 Å². The largest absolute Gasteiger partial charge is 1.00 e. The molecule has 0 radical (unpaired) electrons. The van der Waals surface area contributed by atoms with Crippen molar-refractivity contribution in [3.8, 4) is 0 Å². The molecule has 9 heteroatoms. The van der Waals surface area contributed by atoms with Gasteiger partial charge in [-0.15, -0.1) is 0 Å². The molecule has 0 aliphatic heterocycles. The maximum absolute atomic E-state index is 11.3. The third kappa shape index (κ3) is 3.72. The molecule has 82 valence electrons. The first-order valence-corrected chi connectivity index (χ1v) is 5.88. The van der Waals surface area contributed by atoms with Crippen molar-refractivity contribution in [1.82, 2.24) is 9.97 Å². The van der Waals surface area contributed by atoms with Crippen LogP contribution in [0.4, 0.5) is 0 Å². The molecule has 6 nitrogen and oxygen atoms in total. The van der Waals surface area contributed by atoms with Crippen LogP contribution in [0, 0.1) is 0 Å². The van der Waals surface area contributed by atoms with Crippen LogP contribution in [0.3, 0.4) is 0 Å². The van der Waals surface area contributed by atoms with Crippen molar-refractivity contribution in [3.05, 3.63) is 16.9 Å². The van der Waals surface area contributed by atoms with Crippen LogP contribution in [-0.2, 0) is 9.84 Å². The average molecular weight is 289 g/mol. The molecule has 0 atom stereocenters. The Balaban J connectivity index is 0.00000225. The molecule has 0 unspecified atom stereocenters. The number of halogens is 1. The van der Waals surface area contributed by atoms with E-state index in [0.29, 0.717) is 0 Å². The van der Waals surface area contributed by atoms with Crippen LogP contribution >= 0.6 is 11.6 Å². The van der Waals surface area contributed by atoms with E-state index in [9.17, 15) is 18.3 Å². The molecule has 0 fully saturated rings. The fraction of sp³-hybridized carbons (Fsp3) is 0.286. The summed E-state index contributed by atoms with van der Waals surface area (Å²) in [5.74, 6) is -1.86. The van der Waals surface area contributed by atoms with E-state index in [4.69, 9.17) is 11.6 Å². The van der Waals surface area contributed by atoms with Gasteiger partial charge < -0.3 is 9.90 Å². The second kappa shape index (κ2) is 6.38. The number of carboxylic acids is 1. The molecule has 1 rings (SSSR count). The molecule has 0 aliphatic carbocycles. The molecular formula is C7H6ClKN2O4S. The molecule has 1 aromatic heterocycles. The van der Waals surface area contributed by atoms with Gasteiger partial charge in [0.2, 0.25) is 15.0 Å². The summed E-state index contributed by atoms with van der Waals surface area (Å²) in [6.45, 7) is 1.39. The van der Waals surface area contributed by atoms with Crippen molar-refractivity contribution < 1.29 is 69.7 Å². The Hall–Kier alpha value is 0.426. The van der Waals surface area contributed by atoms with Gasteiger partial charge in [0.05, 0.1) is 22.9 Å². The number of carboxylic acid groups (broad SMARTS) is 1. The molecule has 0 amide bonds. The summed E-state index contributed by atoms with van der Waals surface area (Å²) in [5, 5.41) is 9.69. The number of sulfone groups is 1. The summed E-state index contributed by atoms with van der Waals surface area (Å²) in [4.78, 5) is 17.3. The molecule has 1 heterocycles.